The summed E-state index contributed by atoms with van der Waals surface area (Å²) in [6.45, 7) is 4.63. The number of anilines is 1. The van der Waals surface area contributed by atoms with E-state index in [0.717, 1.165) is 18.5 Å². The van der Waals surface area contributed by atoms with Crippen LogP contribution < -0.4 is 10.2 Å². The second kappa shape index (κ2) is 7.42. The van der Waals surface area contributed by atoms with Crippen molar-refractivity contribution in [2.75, 3.05) is 18.5 Å². The first kappa shape index (κ1) is 15.0. The van der Waals surface area contributed by atoms with Crippen LogP contribution in [0.15, 0.2) is 24.3 Å². The largest absolute Gasteiger partial charge is 0.362 e. The smallest absolute Gasteiger partial charge is 0.242 e. The summed E-state index contributed by atoms with van der Waals surface area (Å²) in [7, 11) is 1.83. The Morgan fingerprint density at radius 2 is 2.16 bits per heavy atom. The maximum atomic E-state index is 12.0. The molecule has 0 aliphatic heterocycles. The van der Waals surface area contributed by atoms with Crippen molar-refractivity contribution in [3.63, 3.8) is 0 Å². The summed E-state index contributed by atoms with van der Waals surface area (Å²) in [6.07, 6.45) is 2.04. The van der Waals surface area contributed by atoms with E-state index in [1.807, 2.05) is 37.1 Å². The van der Waals surface area contributed by atoms with Gasteiger partial charge < -0.3 is 10.2 Å². The first-order valence-electron chi connectivity index (χ1n) is 6.61. The molecule has 1 N–H and O–H groups in total. The maximum absolute atomic E-state index is 12.0. The summed E-state index contributed by atoms with van der Waals surface area (Å²) in [4.78, 5) is 13.8. The van der Waals surface area contributed by atoms with Gasteiger partial charge in [-0.05, 0) is 25.5 Å². The number of amides is 1. The van der Waals surface area contributed by atoms with E-state index in [0.29, 0.717) is 12.1 Å². The van der Waals surface area contributed by atoms with E-state index in [2.05, 4.69) is 18.3 Å². The second-order valence-electron chi connectivity index (χ2n) is 4.56. The van der Waals surface area contributed by atoms with Crippen molar-refractivity contribution in [1.82, 2.24) is 5.32 Å². The van der Waals surface area contributed by atoms with Crippen LogP contribution in [0.5, 0.6) is 0 Å². The van der Waals surface area contributed by atoms with Crippen molar-refractivity contribution in [2.45, 2.75) is 32.7 Å². The van der Waals surface area contributed by atoms with Gasteiger partial charge in [-0.3, -0.25) is 4.79 Å². The number of hydrogen-bond acceptors (Lipinski definition) is 3. The number of carbonyl (C=O) groups is 1. The molecule has 1 aromatic rings. The molecule has 0 saturated heterocycles. The molecule has 0 fully saturated rings. The van der Waals surface area contributed by atoms with Crippen molar-refractivity contribution in [2.24, 2.45) is 0 Å². The van der Waals surface area contributed by atoms with Crippen LogP contribution in [0.1, 0.15) is 32.3 Å². The fourth-order valence-electron chi connectivity index (χ4n) is 1.80. The average molecular weight is 259 g/mol. The highest BCUT2D eigenvalue weighted by Gasteiger charge is 2.19. The first-order chi connectivity index (χ1) is 9.11. The molecular formula is C15H21N3O. The molecule has 0 spiro atoms. The number of nitrogens with one attached hydrogen (secondary N) is 1. The SMILES string of the molecule is CCCCNC(=O)C(C)N(C)c1ccccc1C#N. The summed E-state index contributed by atoms with van der Waals surface area (Å²) in [5.74, 6) is -0.0105. The molecule has 1 unspecified atom stereocenters. The lowest BCUT2D eigenvalue weighted by Gasteiger charge is -2.26. The first-order valence-corrected chi connectivity index (χ1v) is 6.61. The zero-order valence-electron chi connectivity index (χ0n) is 11.8. The summed E-state index contributed by atoms with van der Waals surface area (Å²) >= 11 is 0. The minimum atomic E-state index is -0.300. The van der Waals surface area contributed by atoms with Gasteiger partial charge in [-0.1, -0.05) is 25.5 Å². The Morgan fingerprint density at radius 1 is 1.47 bits per heavy atom. The van der Waals surface area contributed by atoms with Gasteiger partial charge in [-0.2, -0.15) is 5.26 Å². The molecule has 1 aromatic carbocycles. The zero-order valence-corrected chi connectivity index (χ0v) is 11.8. The minimum Gasteiger partial charge on any atom is -0.362 e. The molecule has 1 atom stereocenters. The lowest BCUT2D eigenvalue weighted by Crippen LogP contribution is -2.43. The Bertz CT molecular complexity index is 465. The van der Waals surface area contributed by atoms with Crippen LogP contribution in [0, 0.1) is 11.3 Å². The predicted octanol–water partition coefficient (Wildman–Crippen LogP) is 2.30. The van der Waals surface area contributed by atoms with Gasteiger partial charge in [-0.25, -0.2) is 0 Å². The highest BCUT2D eigenvalue weighted by atomic mass is 16.2. The van der Waals surface area contributed by atoms with Gasteiger partial charge in [0.2, 0.25) is 5.91 Å². The third-order valence-electron chi connectivity index (χ3n) is 3.19. The molecule has 0 heterocycles. The van der Waals surface area contributed by atoms with Crippen LogP contribution in [0.25, 0.3) is 0 Å². The van der Waals surface area contributed by atoms with Gasteiger partial charge in [-0.15, -0.1) is 0 Å². The molecule has 0 saturated carbocycles. The van der Waals surface area contributed by atoms with Crippen molar-refractivity contribution >= 4 is 11.6 Å². The standard InChI is InChI=1S/C15H21N3O/c1-4-5-10-17-15(19)12(2)18(3)14-9-7-6-8-13(14)11-16/h6-9,12H,4-5,10H2,1-3H3,(H,17,19). The van der Waals surface area contributed by atoms with E-state index in [4.69, 9.17) is 5.26 Å². The predicted molar refractivity (Wildman–Crippen MR) is 76.9 cm³/mol. The fourth-order valence-corrected chi connectivity index (χ4v) is 1.80. The number of hydrogen-bond donors (Lipinski definition) is 1. The van der Waals surface area contributed by atoms with E-state index >= 15 is 0 Å². The number of benzene rings is 1. The van der Waals surface area contributed by atoms with Crippen LogP contribution in [0.4, 0.5) is 5.69 Å². The van der Waals surface area contributed by atoms with Crippen molar-refractivity contribution in [3.05, 3.63) is 29.8 Å². The lowest BCUT2D eigenvalue weighted by molar-refractivity contribution is -0.122. The molecule has 0 aromatic heterocycles. The van der Waals surface area contributed by atoms with Crippen molar-refractivity contribution in [1.29, 1.82) is 5.26 Å². The molecular weight excluding hydrogens is 238 g/mol. The van der Waals surface area contributed by atoms with Gasteiger partial charge in [0.05, 0.1) is 11.3 Å². The van der Waals surface area contributed by atoms with Crippen molar-refractivity contribution < 1.29 is 4.79 Å². The Hall–Kier alpha value is -2.02. The number of para-hydroxylation sites is 1. The minimum absolute atomic E-state index is 0.0105. The maximum Gasteiger partial charge on any atom is 0.242 e. The monoisotopic (exact) mass is 259 g/mol. The molecule has 1 amide bonds. The molecule has 19 heavy (non-hydrogen) atoms. The number of nitrogens with zero attached hydrogens (tertiary/aromatic N) is 2. The molecule has 0 radical (unpaired) electrons. The summed E-state index contributed by atoms with van der Waals surface area (Å²) < 4.78 is 0. The molecule has 0 aliphatic carbocycles. The lowest BCUT2D eigenvalue weighted by atomic mass is 10.1. The topological polar surface area (TPSA) is 56.1 Å². The highest BCUT2D eigenvalue weighted by Crippen LogP contribution is 2.20. The number of unbranched alkanes of at least 4 members (excludes halogenated alkanes) is 1. The average Bonchev–Trinajstić information content (AvgIpc) is 2.45. The Labute approximate surface area is 115 Å². The third-order valence-corrected chi connectivity index (χ3v) is 3.19. The highest BCUT2D eigenvalue weighted by molar-refractivity contribution is 5.85. The van der Waals surface area contributed by atoms with Gasteiger partial charge in [0.15, 0.2) is 0 Å². The number of likely N-dealkylation sites (N-methyl/N-ethyl adjacent to an activating group) is 1. The summed E-state index contributed by atoms with van der Waals surface area (Å²) in [5.41, 5.74) is 1.36. The molecule has 0 aliphatic rings. The second-order valence-corrected chi connectivity index (χ2v) is 4.56. The number of rotatable bonds is 6. The van der Waals surface area contributed by atoms with Crippen LogP contribution in [0.2, 0.25) is 0 Å². The van der Waals surface area contributed by atoms with Crippen LogP contribution >= 0.6 is 0 Å². The molecule has 4 nitrogen and oxygen atoms in total. The van der Waals surface area contributed by atoms with Gasteiger partial charge in [0.25, 0.3) is 0 Å². The molecule has 0 bridgehead atoms. The van der Waals surface area contributed by atoms with Crippen molar-refractivity contribution in [3.8, 4) is 6.07 Å². The molecule has 4 heteroatoms. The molecule has 1 rings (SSSR count). The van der Waals surface area contributed by atoms with Gasteiger partial charge >= 0.3 is 0 Å². The fraction of sp³-hybridized carbons (Fsp3) is 0.467. The molecule has 102 valence electrons. The number of nitriles is 1. The van der Waals surface area contributed by atoms with Gasteiger partial charge in [0, 0.05) is 13.6 Å². The van der Waals surface area contributed by atoms with Crippen LogP contribution in [0.3, 0.4) is 0 Å². The summed E-state index contributed by atoms with van der Waals surface area (Å²) in [5, 5.41) is 12.0. The third kappa shape index (κ3) is 3.99. The Balaban J connectivity index is 2.73. The Morgan fingerprint density at radius 3 is 2.79 bits per heavy atom. The van der Waals surface area contributed by atoms with E-state index < -0.39 is 0 Å². The van der Waals surface area contributed by atoms with E-state index in [1.165, 1.54) is 0 Å². The Kier molecular flexibility index (Phi) is 5.87. The van der Waals surface area contributed by atoms with Crippen LogP contribution in [-0.2, 0) is 4.79 Å². The van der Waals surface area contributed by atoms with Crippen LogP contribution in [-0.4, -0.2) is 25.5 Å². The quantitative estimate of drug-likeness (QED) is 0.797. The van der Waals surface area contributed by atoms with E-state index in [-0.39, 0.29) is 11.9 Å². The summed E-state index contributed by atoms with van der Waals surface area (Å²) in [6, 6.07) is 9.15. The van der Waals surface area contributed by atoms with Gasteiger partial charge in [0.1, 0.15) is 12.1 Å². The van der Waals surface area contributed by atoms with E-state index in [9.17, 15) is 4.79 Å². The number of carbonyl (C=O) groups excluding carboxylic acids is 1. The normalized spacial score (nSPS) is 11.5. The zero-order chi connectivity index (χ0) is 14.3. The van der Waals surface area contributed by atoms with E-state index in [1.54, 1.807) is 6.07 Å².